The van der Waals surface area contributed by atoms with Crippen LogP contribution in [0, 0.1) is 10.7 Å². The van der Waals surface area contributed by atoms with Crippen LogP contribution in [0.25, 0.3) is 11.2 Å². The van der Waals surface area contributed by atoms with Crippen molar-refractivity contribution in [1.29, 1.82) is 0 Å². The fourth-order valence-electron chi connectivity index (χ4n) is 1.89. The van der Waals surface area contributed by atoms with Crippen molar-refractivity contribution in [3.8, 4) is 0 Å². The number of hydrogen-bond donors (Lipinski definition) is 1. The first-order chi connectivity index (χ1) is 8.34. The van der Waals surface area contributed by atoms with E-state index < -0.39 is 0 Å². The SMILES string of the molecule is S=c1[nH]c2cccnc2n1CCOCC1CC1. The second-order valence-electron chi connectivity index (χ2n) is 4.47. The van der Waals surface area contributed by atoms with Gasteiger partial charge >= 0.3 is 0 Å². The molecule has 17 heavy (non-hydrogen) atoms. The summed E-state index contributed by atoms with van der Waals surface area (Å²) in [5, 5.41) is 0. The molecule has 2 aromatic heterocycles. The maximum Gasteiger partial charge on any atom is 0.179 e. The van der Waals surface area contributed by atoms with Crippen molar-refractivity contribution in [2.24, 2.45) is 5.92 Å². The highest BCUT2D eigenvalue weighted by Gasteiger charge is 2.20. The van der Waals surface area contributed by atoms with Gasteiger partial charge in [0.05, 0.1) is 18.7 Å². The number of hydrogen-bond acceptors (Lipinski definition) is 3. The number of imidazole rings is 1. The van der Waals surface area contributed by atoms with E-state index in [0.717, 1.165) is 30.2 Å². The standard InChI is InChI=1S/C12H15N3OS/c17-12-14-10-2-1-5-13-11(10)15(12)6-7-16-8-9-3-4-9/h1-2,5,9H,3-4,6-8H2,(H,14,17). The monoisotopic (exact) mass is 249 g/mol. The van der Waals surface area contributed by atoms with Crippen LogP contribution in [0.2, 0.25) is 0 Å². The number of rotatable bonds is 5. The molecule has 5 heteroatoms. The van der Waals surface area contributed by atoms with Crippen molar-refractivity contribution < 1.29 is 4.74 Å². The molecule has 0 radical (unpaired) electrons. The van der Waals surface area contributed by atoms with Crippen LogP contribution in [0.4, 0.5) is 0 Å². The summed E-state index contributed by atoms with van der Waals surface area (Å²) in [6, 6.07) is 3.89. The highest BCUT2D eigenvalue weighted by atomic mass is 32.1. The normalized spacial score (nSPS) is 15.5. The second kappa shape index (κ2) is 4.58. The number of nitrogens with zero attached hydrogens (tertiary/aromatic N) is 2. The summed E-state index contributed by atoms with van der Waals surface area (Å²) in [4.78, 5) is 7.49. The van der Waals surface area contributed by atoms with E-state index in [1.54, 1.807) is 6.20 Å². The van der Waals surface area contributed by atoms with Gasteiger partial charge in [-0.05, 0) is 43.1 Å². The lowest BCUT2D eigenvalue weighted by molar-refractivity contribution is 0.117. The molecule has 0 amide bonds. The number of pyridine rings is 1. The number of ether oxygens (including phenoxy) is 1. The van der Waals surface area contributed by atoms with E-state index in [1.165, 1.54) is 12.8 Å². The molecular weight excluding hydrogens is 234 g/mol. The molecule has 4 nitrogen and oxygen atoms in total. The maximum atomic E-state index is 5.63. The van der Waals surface area contributed by atoms with Crippen molar-refractivity contribution in [1.82, 2.24) is 14.5 Å². The first-order valence-corrected chi connectivity index (χ1v) is 6.37. The summed E-state index contributed by atoms with van der Waals surface area (Å²) < 4.78 is 8.34. The van der Waals surface area contributed by atoms with Gasteiger partial charge in [0.1, 0.15) is 0 Å². The highest BCUT2D eigenvalue weighted by Crippen LogP contribution is 2.28. The Bertz CT molecular complexity index is 570. The van der Waals surface area contributed by atoms with Gasteiger partial charge in [0.15, 0.2) is 10.4 Å². The molecule has 0 spiro atoms. The molecule has 2 heterocycles. The van der Waals surface area contributed by atoms with Crippen molar-refractivity contribution in [2.45, 2.75) is 19.4 Å². The molecule has 0 aliphatic heterocycles. The van der Waals surface area contributed by atoms with Gasteiger partial charge in [-0.3, -0.25) is 4.57 Å². The van der Waals surface area contributed by atoms with Gasteiger partial charge in [-0.1, -0.05) is 0 Å². The fraction of sp³-hybridized carbons (Fsp3) is 0.500. The average Bonchev–Trinajstić information content (AvgIpc) is 3.09. The highest BCUT2D eigenvalue weighted by molar-refractivity contribution is 7.71. The summed E-state index contributed by atoms with van der Waals surface area (Å²) >= 11 is 5.28. The van der Waals surface area contributed by atoms with Crippen LogP contribution >= 0.6 is 12.2 Å². The van der Waals surface area contributed by atoms with Crippen molar-refractivity contribution in [3.05, 3.63) is 23.1 Å². The lowest BCUT2D eigenvalue weighted by atomic mass is 10.4. The molecule has 0 bridgehead atoms. The third-order valence-electron chi connectivity index (χ3n) is 3.04. The summed E-state index contributed by atoms with van der Waals surface area (Å²) in [5.41, 5.74) is 1.90. The Morgan fingerprint density at radius 2 is 2.41 bits per heavy atom. The van der Waals surface area contributed by atoms with Crippen LogP contribution in [0.1, 0.15) is 12.8 Å². The van der Waals surface area contributed by atoms with E-state index in [-0.39, 0.29) is 0 Å². The number of fused-ring (bicyclic) bond motifs is 1. The Balaban J connectivity index is 1.70. The molecule has 0 saturated heterocycles. The predicted molar refractivity (Wildman–Crippen MR) is 68.5 cm³/mol. The van der Waals surface area contributed by atoms with E-state index in [1.807, 2.05) is 16.7 Å². The van der Waals surface area contributed by atoms with Gasteiger partial charge in [0.25, 0.3) is 0 Å². The number of aromatic amines is 1. The van der Waals surface area contributed by atoms with Gasteiger partial charge in [-0.2, -0.15) is 0 Å². The van der Waals surface area contributed by atoms with E-state index in [0.29, 0.717) is 11.4 Å². The zero-order chi connectivity index (χ0) is 11.7. The summed E-state index contributed by atoms with van der Waals surface area (Å²) in [5.74, 6) is 0.809. The molecule has 2 aromatic rings. The Morgan fingerprint density at radius 3 is 3.24 bits per heavy atom. The fourth-order valence-corrected chi connectivity index (χ4v) is 2.17. The zero-order valence-electron chi connectivity index (χ0n) is 9.56. The topological polar surface area (TPSA) is 42.8 Å². The van der Waals surface area contributed by atoms with Crippen LogP contribution in [0.3, 0.4) is 0 Å². The molecule has 1 aliphatic rings. The van der Waals surface area contributed by atoms with Crippen LogP contribution in [-0.2, 0) is 11.3 Å². The second-order valence-corrected chi connectivity index (χ2v) is 4.86. The van der Waals surface area contributed by atoms with Crippen molar-refractivity contribution >= 4 is 23.4 Å². The summed E-state index contributed by atoms with van der Waals surface area (Å²) in [6.07, 6.45) is 4.44. The Morgan fingerprint density at radius 1 is 1.53 bits per heavy atom. The van der Waals surface area contributed by atoms with Gasteiger partial charge < -0.3 is 9.72 Å². The molecule has 1 fully saturated rings. The Kier molecular flexibility index (Phi) is 2.94. The van der Waals surface area contributed by atoms with Crippen LogP contribution in [0.5, 0.6) is 0 Å². The summed E-state index contributed by atoms with van der Waals surface area (Å²) in [6.45, 7) is 2.36. The quantitative estimate of drug-likeness (QED) is 0.654. The van der Waals surface area contributed by atoms with E-state index >= 15 is 0 Å². The van der Waals surface area contributed by atoms with E-state index in [4.69, 9.17) is 17.0 Å². The molecule has 3 rings (SSSR count). The van der Waals surface area contributed by atoms with E-state index in [2.05, 4.69) is 9.97 Å². The van der Waals surface area contributed by atoms with Crippen LogP contribution in [0.15, 0.2) is 18.3 Å². The van der Waals surface area contributed by atoms with Crippen LogP contribution < -0.4 is 0 Å². The smallest absolute Gasteiger partial charge is 0.179 e. The molecule has 1 N–H and O–H groups in total. The molecule has 1 saturated carbocycles. The third kappa shape index (κ3) is 2.40. The van der Waals surface area contributed by atoms with Gasteiger partial charge in [-0.15, -0.1) is 0 Å². The first-order valence-electron chi connectivity index (χ1n) is 5.96. The summed E-state index contributed by atoms with van der Waals surface area (Å²) in [7, 11) is 0. The Hall–Kier alpha value is -1.20. The van der Waals surface area contributed by atoms with Gasteiger partial charge in [0, 0.05) is 12.8 Å². The molecule has 90 valence electrons. The largest absolute Gasteiger partial charge is 0.379 e. The van der Waals surface area contributed by atoms with Crippen LogP contribution in [-0.4, -0.2) is 27.7 Å². The Labute approximate surface area is 105 Å². The number of H-pyrrole nitrogens is 1. The van der Waals surface area contributed by atoms with E-state index in [9.17, 15) is 0 Å². The molecule has 1 aliphatic carbocycles. The predicted octanol–water partition coefficient (Wildman–Crippen LogP) is 2.52. The first kappa shape index (κ1) is 10.9. The minimum Gasteiger partial charge on any atom is -0.379 e. The average molecular weight is 249 g/mol. The minimum atomic E-state index is 0.703. The molecule has 0 atom stereocenters. The lowest BCUT2D eigenvalue weighted by Gasteiger charge is -2.04. The minimum absolute atomic E-state index is 0.703. The lowest BCUT2D eigenvalue weighted by Crippen LogP contribution is -2.08. The van der Waals surface area contributed by atoms with Gasteiger partial charge in [-0.25, -0.2) is 4.98 Å². The van der Waals surface area contributed by atoms with Crippen molar-refractivity contribution in [2.75, 3.05) is 13.2 Å². The molecular formula is C12H15N3OS. The number of nitrogens with one attached hydrogen (secondary N) is 1. The zero-order valence-corrected chi connectivity index (χ0v) is 10.4. The third-order valence-corrected chi connectivity index (χ3v) is 3.36. The van der Waals surface area contributed by atoms with Gasteiger partial charge in [0.2, 0.25) is 0 Å². The van der Waals surface area contributed by atoms with Crippen molar-refractivity contribution in [3.63, 3.8) is 0 Å². The maximum absolute atomic E-state index is 5.63. The number of aromatic nitrogens is 3. The molecule has 0 unspecified atom stereocenters. The molecule has 0 aromatic carbocycles.